The number of carbonyl (C=O) groups excluding carboxylic acids is 2. The number of benzene rings is 2. The Morgan fingerprint density at radius 3 is 2.31 bits per heavy atom. The maximum absolute atomic E-state index is 12.1. The molecule has 1 heterocycles. The minimum atomic E-state index is -0.120. The summed E-state index contributed by atoms with van der Waals surface area (Å²) in [6.07, 6.45) is 0. The number of amides is 2. The molecular weight excluding hydrogens is 346 g/mol. The van der Waals surface area contributed by atoms with Crippen LogP contribution in [0.15, 0.2) is 48.5 Å². The molecule has 0 atom stereocenters. The Hall–Kier alpha value is -2.73. The Morgan fingerprint density at radius 2 is 1.62 bits per heavy atom. The summed E-state index contributed by atoms with van der Waals surface area (Å²) >= 11 is 1.29. The minimum absolute atomic E-state index is 0.113. The summed E-state index contributed by atoms with van der Waals surface area (Å²) in [5.41, 5.74) is 4.74. The molecule has 134 valence electrons. The van der Waals surface area contributed by atoms with Crippen LogP contribution in [-0.2, 0) is 9.59 Å². The van der Waals surface area contributed by atoms with E-state index in [4.69, 9.17) is 0 Å². The average Bonchev–Trinajstić information content (AvgIpc) is 2.94. The van der Waals surface area contributed by atoms with Gasteiger partial charge in [-0.05, 0) is 55.8 Å². The molecule has 0 radical (unpaired) electrons. The quantitative estimate of drug-likeness (QED) is 0.614. The molecule has 0 aliphatic rings. The summed E-state index contributed by atoms with van der Waals surface area (Å²) in [7, 11) is 0. The highest BCUT2D eigenvalue weighted by molar-refractivity contribution is 8.00. The maximum Gasteiger partial charge on any atom is 0.234 e. The van der Waals surface area contributed by atoms with E-state index in [9.17, 15) is 9.59 Å². The molecule has 26 heavy (non-hydrogen) atoms. The predicted octanol–water partition coefficient (Wildman–Crippen LogP) is 4.10. The van der Waals surface area contributed by atoms with Crippen molar-refractivity contribution < 1.29 is 9.59 Å². The van der Waals surface area contributed by atoms with Gasteiger partial charge in [-0.25, -0.2) is 0 Å². The number of fused-ring (bicyclic) bond motifs is 1. The average molecular weight is 367 g/mol. The number of hydrogen-bond donors (Lipinski definition) is 3. The zero-order valence-electron chi connectivity index (χ0n) is 14.8. The van der Waals surface area contributed by atoms with Crippen LogP contribution < -0.4 is 10.6 Å². The molecule has 2 amide bonds. The van der Waals surface area contributed by atoms with Gasteiger partial charge in [0.05, 0.1) is 11.5 Å². The lowest BCUT2D eigenvalue weighted by Crippen LogP contribution is -2.18. The van der Waals surface area contributed by atoms with E-state index in [1.165, 1.54) is 11.8 Å². The summed E-state index contributed by atoms with van der Waals surface area (Å²) in [4.78, 5) is 27.3. The molecule has 0 fully saturated rings. The number of carbonyl (C=O) groups is 2. The first-order valence-electron chi connectivity index (χ1n) is 8.33. The fourth-order valence-electron chi connectivity index (χ4n) is 2.71. The largest absolute Gasteiger partial charge is 0.359 e. The number of hydrogen-bond acceptors (Lipinski definition) is 3. The number of nitrogens with one attached hydrogen (secondary N) is 3. The van der Waals surface area contributed by atoms with Gasteiger partial charge in [-0.1, -0.05) is 12.1 Å². The maximum atomic E-state index is 12.1. The fraction of sp³-hybridized carbons (Fsp3) is 0.200. The molecule has 0 unspecified atom stereocenters. The van der Waals surface area contributed by atoms with Crippen molar-refractivity contribution in [3.63, 3.8) is 0 Å². The van der Waals surface area contributed by atoms with Gasteiger partial charge in [0, 0.05) is 28.0 Å². The smallest absolute Gasteiger partial charge is 0.234 e. The first-order valence-corrected chi connectivity index (χ1v) is 9.48. The van der Waals surface area contributed by atoms with Crippen molar-refractivity contribution in [2.75, 3.05) is 22.1 Å². The summed E-state index contributed by atoms with van der Waals surface area (Å²) in [5, 5.41) is 6.76. The molecule has 0 saturated carbocycles. The molecule has 6 heteroatoms. The third-order valence-electron chi connectivity index (χ3n) is 3.81. The van der Waals surface area contributed by atoms with Gasteiger partial charge >= 0.3 is 0 Å². The lowest BCUT2D eigenvalue weighted by molar-refractivity contribution is -0.114. The van der Waals surface area contributed by atoms with Crippen LogP contribution in [-0.4, -0.2) is 28.3 Å². The van der Waals surface area contributed by atoms with Crippen LogP contribution in [0.2, 0.25) is 0 Å². The molecule has 3 aromatic rings. The second-order valence-corrected chi connectivity index (χ2v) is 7.20. The zero-order chi connectivity index (χ0) is 18.5. The summed E-state index contributed by atoms with van der Waals surface area (Å²) < 4.78 is 0. The molecule has 2 aromatic carbocycles. The van der Waals surface area contributed by atoms with E-state index in [0.29, 0.717) is 0 Å². The van der Waals surface area contributed by atoms with E-state index in [-0.39, 0.29) is 23.3 Å². The summed E-state index contributed by atoms with van der Waals surface area (Å²) in [6.45, 7) is 3.97. The van der Waals surface area contributed by atoms with Crippen LogP contribution in [0.4, 0.5) is 11.4 Å². The monoisotopic (exact) mass is 367 g/mol. The topological polar surface area (TPSA) is 74.0 Å². The van der Waals surface area contributed by atoms with Crippen molar-refractivity contribution in [2.45, 2.75) is 13.8 Å². The Balaban J connectivity index is 1.45. The number of rotatable bonds is 6. The number of aryl methyl sites for hydroxylation is 2. The normalized spacial score (nSPS) is 10.7. The van der Waals surface area contributed by atoms with E-state index >= 15 is 0 Å². The predicted molar refractivity (Wildman–Crippen MR) is 109 cm³/mol. The lowest BCUT2D eigenvalue weighted by atomic mass is 10.2. The Morgan fingerprint density at radius 1 is 0.923 bits per heavy atom. The second-order valence-electron chi connectivity index (χ2n) is 6.21. The summed E-state index contributed by atoms with van der Waals surface area (Å²) in [5.74, 6) is 0.227. The molecule has 0 saturated heterocycles. The van der Waals surface area contributed by atoms with Crippen molar-refractivity contribution in [1.82, 2.24) is 4.98 Å². The first-order chi connectivity index (χ1) is 12.5. The van der Waals surface area contributed by atoms with Gasteiger partial charge in [0.1, 0.15) is 0 Å². The molecule has 0 spiro atoms. The first kappa shape index (κ1) is 18.1. The molecule has 3 N–H and O–H groups in total. The number of aromatic amines is 1. The zero-order valence-corrected chi connectivity index (χ0v) is 15.6. The van der Waals surface area contributed by atoms with Crippen LogP contribution in [0.25, 0.3) is 10.9 Å². The number of H-pyrrole nitrogens is 1. The SMILES string of the molecule is Cc1cccc(NC(=O)CSCC(=O)Nc2ccc3[nH]c(C)cc3c2)c1. The Kier molecular flexibility index (Phi) is 5.63. The van der Waals surface area contributed by atoms with Crippen molar-refractivity contribution in [3.05, 3.63) is 59.8 Å². The second kappa shape index (κ2) is 8.10. The highest BCUT2D eigenvalue weighted by atomic mass is 32.2. The van der Waals surface area contributed by atoms with Crippen LogP contribution in [0, 0.1) is 13.8 Å². The molecule has 0 bridgehead atoms. The molecular formula is C20H21N3O2S. The molecule has 3 rings (SSSR count). The third-order valence-corrected chi connectivity index (χ3v) is 4.74. The highest BCUT2D eigenvalue weighted by Crippen LogP contribution is 2.20. The van der Waals surface area contributed by atoms with Crippen molar-refractivity contribution in [3.8, 4) is 0 Å². The van der Waals surface area contributed by atoms with Gasteiger partial charge in [-0.2, -0.15) is 0 Å². The van der Waals surface area contributed by atoms with E-state index in [1.54, 1.807) is 0 Å². The van der Waals surface area contributed by atoms with Crippen LogP contribution >= 0.6 is 11.8 Å². The standard InChI is InChI=1S/C20H21N3O2S/c1-13-4-3-5-16(8-13)22-19(24)11-26-12-20(25)23-17-6-7-18-15(10-17)9-14(2)21-18/h3-10,21H,11-12H2,1-2H3,(H,22,24)(H,23,25). The fourth-order valence-corrected chi connectivity index (χ4v) is 3.33. The molecule has 5 nitrogen and oxygen atoms in total. The van der Waals surface area contributed by atoms with E-state index < -0.39 is 0 Å². The Labute approximate surface area is 156 Å². The van der Waals surface area contributed by atoms with Crippen LogP contribution in [0.1, 0.15) is 11.3 Å². The molecule has 0 aliphatic heterocycles. The van der Waals surface area contributed by atoms with E-state index in [2.05, 4.69) is 15.6 Å². The van der Waals surface area contributed by atoms with Crippen molar-refractivity contribution >= 4 is 45.9 Å². The summed E-state index contributed by atoms with van der Waals surface area (Å²) in [6, 6.07) is 15.4. The van der Waals surface area contributed by atoms with E-state index in [0.717, 1.165) is 33.5 Å². The minimum Gasteiger partial charge on any atom is -0.359 e. The van der Waals surface area contributed by atoms with Gasteiger partial charge in [0.25, 0.3) is 0 Å². The number of aromatic nitrogens is 1. The van der Waals surface area contributed by atoms with Gasteiger partial charge in [-0.15, -0.1) is 11.8 Å². The van der Waals surface area contributed by atoms with Crippen LogP contribution in [0.3, 0.4) is 0 Å². The van der Waals surface area contributed by atoms with Gasteiger partial charge < -0.3 is 15.6 Å². The molecule has 1 aromatic heterocycles. The van der Waals surface area contributed by atoms with Gasteiger partial charge in [0.2, 0.25) is 11.8 Å². The van der Waals surface area contributed by atoms with Gasteiger partial charge in [-0.3, -0.25) is 9.59 Å². The third kappa shape index (κ3) is 4.89. The number of thioether (sulfide) groups is 1. The van der Waals surface area contributed by atoms with Crippen molar-refractivity contribution in [1.29, 1.82) is 0 Å². The Bertz CT molecular complexity index is 949. The van der Waals surface area contributed by atoms with Crippen LogP contribution in [0.5, 0.6) is 0 Å². The molecule has 0 aliphatic carbocycles. The highest BCUT2D eigenvalue weighted by Gasteiger charge is 2.07. The van der Waals surface area contributed by atoms with E-state index in [1.807, 2.05) is 62.4 Å². The van der Waals surface area contributed by atoms with Gasteiger partial charge in [0.15, 0.2) is 0 Å². The lowest BCUT2D eigenvalue weighted by Gasteiger charge is -2.07. The number of anilines is 2. The van der Waals surface area contributed by atoms with Crippen molar-refractivity contribution in [2.24, 2.45) is 0 Å².